The smallest absolute Gasteiger partial charge is 0.307 e. The number of fused-ring (bicyclic) bond motifs is 1. The van der Waals surface area contributed by atoms with E-state index >= 15 is 0 Å². The number of carbonyl (C=O) groups is 1. The van der Waals surface area contributed by atoms with Crippen molar-refractivity contribution in [3.05, 3.63) is 82.5 Å². The zero-order valence-electron chi connectivity index (χ0n) is 29.5. The molecule has 1 atom stereocenters. The van der Waals surface area contributed by atoms with E-state index in [2.05, 4.69) is 27.4 Å². The summed E-state index contributed by atoms with van der Waals surface area (Å²) in [7, 11) is 1.96. The van der Waals surface area contributed by atoms with Crippen LogP contribution in [0.4, 0.5) is 16.3 Å². The predicted molar refractivity (Wildman–Crippen MR) is 195 cm³/mol. The molecule has 4 aromatic rings. The topological polar surface area (TPSA) is 85.5 Å². The van der Waals surface area contributed by atoms with Crippen molar-refractivity contribution >= 4 is 28.9 Å². The number of aromatic nitrogens is 4. The molecule has 2 aromatic carbocycles. The molecule has 1 aliphatic heterocycles. The number of hydrogen-bond acceptors (Lipinski definition) is 7. The molecule has 264 valence electrons. The molecule has 9 nitrogen and oxygen atoms in total. The van der Waals surface area contributed by atoms with E-state index in [9.17, 15) is 14.0 Å². The highest BCUT2D eigenvalue weighted by atomic mass is 19.1. The lowest BCUT2D eigenvalue weighted by Crippen LogP contribution is -2.46. The molecule has 1 saturated heterocycles. The minimum absolute atomic E-state index is 0.126. The molecule has 0 bridgehead atoms. The average molecular weight is 673 g/mol. The van der Waals surface area contributed by atoms with E-state index in [1.54, 1.807) is 6.92 Å². The Hall–Kier alpha value is -4.21. The molecule has 1 unspecified atom stereocenters. The number of hydrogen-bond donors (Lipinski definition) is 0. The molecule has 1 fully saturated rings. The number of nitrogens with zero attached hydrogens (tertiary/aromatic N) is 6. The van der Waals surface area contributed by atoms with Crippen molar-refractivity contribution in [3.8, 4) is 0 Å². The maximum Gasteiger partial charge on any atom is 0.307 e. The molecular formula is C39H53FN6O3. The number of esters is 1. The highest BCUT2D eigenvalue weighted by Gasteiger charge is 2.29. The largest absolute Gasteiger partial charge is 0.441 e. The number of carbonyl (C=O) groups excluding carboxylic acids is 1. The number of benzene rings is 2. The molecule has 1 aliphatic rings. The first-order chi connectivity index (χ1) is 23.9. The molecule has 0 saturated carbocycles. The zero-order chi connectivity index (χ0) is 34.6. The lowest BCUT2D eigenvalue weighted by atomic mass is 10.0. The highest BCUT2D eigenvalue weighted by molar-refractivity contribution is 5.79. The summed E-state index contributed by atoms with van der Waals surface area (Å²) in [6.07, 6.45) is 14.8. The first-order valence-electron chi connectivity index (χ1n) is 18.3. The molecule has 10 heteroatoms. The molecule has 0 spiro atoms. The third kappa shape index (κ3) is 9.70. The van der Waals surface area contributed by atoms with Crippen LogP contribution in [-0.2, 0) is 16.1 Å². The highest BCUT2D eigenvalue weighted by Crippen LogP contribution is 2.29. The van der Waals surface area contributed by atoms with Gasteiger partial charge in [-0.1, -0.05) is 89.0 Å². The van der Waals surface area contributed by atoms with Crippen LogP contribution in [0.5, 0.6) is 0 Å². The third-order valence-electron chi connectivity index (χ3n) is 9.76. The van der Waals surface area contributed by atoms with Crippen LogP contribution in [0.15, 0.2) is 65.6 Å². The van der Waals surface area contributed by atoms with Crippen molar-refractivity contribution in [1.29, 1.82) is 0 Å². The van der Waals surface area contributed by atoms with Crippen molar-refractivity contribution in [2.45, 2.75) is 116 Å². The van der Waals surface area contributed by atoms with E-state index in [4.69, 9.17) is 9.72 Å². The molecular weight excluding hydrogens is 619 g/mol. The fraction of sp³-hybridized carbons (Fsp3) is 0.538. The van der Waals surface area contributed by atoms with Gasteiger partial charge in [0.25, 0.3) is 5.56 Å². The Morgan fingerprint density at radius 2 is 1.59 bits per heavy atom. The summed E-state index contributed by atoms with van der Waals surface area (Å²) >= 11 is 0. The molecule has 0 amide bonds. The van der Waals surface area contributed by atoms with Gasteiger partial charge in [0.05, 0.1) is 17.6 Å². The Balaban J connectivity index is 1.16. The quantitative estimate of drug-likeness (QED) is 0.0777. The van der Waals surface area contributed by atoms with Crippen LogP contribution >= 0.6 is 0 Å². The summed E-state index contributed by atoms with van der Waals surface area (Å²) < 4.78 is 23.1. The Kier molecular flexibility index (Phi) is 13.2. The van der Waals surface area contributed by atoms with Crippen molar-refractivity contribution in [2.24, 2.45) is 0 Å². The van der Waals surface area contributed by atoms with Crippen LogP contribution < -0.4 is 15.4 Å². The standard InChI is InChI=1S/C39H53FN6O3/c1-4-5-6-7-8-9-10-11-12-13-18-37(48)49-30(2)46-36(47)23-26-41-38(46)43(3)33-24-27-44(28-25-33)39-42-34-16-14-15-17-35(34)45(39)29-31-19-21-32(40)22-20-31/h14-17,19-23,26,30,33H,4-13,18,24-25,27-29H2,1-3H3. The van der Waals surface area contributed by atoms with E-state index < -0.39 is 6.23 Å². The summed E-state index contributed by atoms with van der Waals surface area (Å²) in [5, 5.41) is 0. The lowest BCUT2D eigenvalue weighted by Gasteiger charge is -2.38. The SMILES string of the molecule is CCCCCCCCCCCCC(=O)OC(C)n1c(N(C)C2CCN(c3nc4ccccc4n3Cc3ccc(F)cc3)CC2)nccc1=O. The van der Waals surface area contributed by atoms with E-state index in [0.717, 1.165) is 67.7 Å². The summed E-state index contributed by atoms with van der Waals surface area (Å²) in [6, 6.07) is 16.3. The maximum atomic E-state index is 13.6. The second-order valence-corrected chi connectivity index (χ2v) is 13.4. The van der Waals surface area contributed by atoms with E-state index in [0.29, 0.717) is 18.9 Å². The van der Waals surface area contributed by atoms with Crippen LogP contribution in [0.25, 0.3) is 11.0 Å². The second kappa shape index (κ2) is 18.0. The second-order valence-electron chi connectivity index (χ2n) is 13.4. The van der Waals surface area contributed by atoms with Crippen LogP contribution in [0.2, 0.25) is 0 Å². The predicted octanol–water partition coefficient (Wildman–Crippen LogP) is 8.26. The van der Waals surface area contributed by atoms with Gasteiger partial charge in [-0.2, -0.15) is 0 Å². The zero-order valence-corrected chi connectivity index (χ0v) is 29.5. The number of ether oxygens (including phenoxy) is 1. The average Bonchev–Trinajstić information content (AvgIpc) is 3.47. The number of para-hydroxylation sites is 2. The van der Waals surface area contributed by atoms with Gasteiger partial charge in [0.15, 0.2) is 6.23 Å². The monoisotopic (exact) mass is 672 g/mol. The minimum Gasteiger partial charge on any atom is -0.441 e. The Morgan fingerprint density at radius 1 is 0.939 bits per heavy atom. The Morgan fingerprint density at radius 3 is 2.29 bits per heavy atom. The molecule has 2 aromatic heterocycles. The van der Waals surface area contributed by atoms with Gasteiger partial charge < -0.3 is 19.1 Å². The number of piperidine rings is 1. The first-order valence-corrected chi connectivity index (χ1v) is 18.3. The van der Waals surface area contributed by atoms with E-state index in [1.165, 1.54) is 73.9 Å². The van der Waals surface area contributed by atoms with E-state index in [1.807, 2.05) is 42.3 Å². The normalized spacial score (nSPS) is 14.3. The third-order valence-corrected chi connectivity index (χ3v) is 9.76. The van der Waals surface area contributed by atoms with Crippen molar-refractivity contribution in [3.63, 3.8) is 0 Å². The summed E-state index contributed by atoms with van der Waals surface area (Å²) in [6.45, 7) is 6.10. The van der Waals surface area contributed by atoms with Crippen LogP contribution in [0.3, 0.4) is 0 Å². The Labute approximate surface area is 290 Å². The molecule has 49 heavy (non-hydrogen) atoms. The number of unbranched alkanes of at least 4 members (excludes halogenated alkanes) is 9. The van der Waals surface area contributed by atoms with Crippen LogP contribution in [0.1, 0.15) is 109 Å². The molecule has 0 N–H and O–H groups in total. The van der Waals surface area contributed by atoms with Gasteiger partial charge >= 0.3 is 5.97 Å². The van der Waals surface area contributed by atoms with Gasteiger partial charge in [0, 0.05) is 44.9 Å². The van der Waals surface area contributed by atoms with E-state index in [-0.39, 0.29) is 23.4 Å². The molecule has 3 heterocycles. The fourth-order valence-electron chi connectivity index (χ4n) is 6.92. The van der Waals surface area contributed by atoms with Gasteiger partial charge in [-0.3, -0.25) is 9.59 Å². The van der Waals surface area contributed by atoms with Gasteiger partial charge in [-0.05, 0) is 56.0 Å². The fourth-order valence-corrected chi connectivity index (χ4v) is 6.92. The first kappa shape index (κ1) is 36.1. The maximum absolute atomic E-state index is 13.6. The summed E-state index contributed by atoms with van der Waals surface area (Å²) in [5.74, 6) is 0.854. The van der Waals surface area contributed by atoms with Gasteiger partial charge in [0.2, 0.25) is 11.9 Å². The number of rotatable bonds is 18. The summed E-state index contributed by atoms with van der Waals surface area (Å²) in [4.78, 5) is 39.8. The summed E-state index contributed by atoms with van der Waals surface area (Å²) in [5.41, 5.74) is 2.72. The number of halogens is 1. The van der Waals surface area contributed by atoms with Gasteiger partial charge in [-0.25, -0.2) is 18.9 Å². The Bertz CT molecular complexity index is 1680. The molecule has 0 radical (unpaired) electrons. The van der Waals surface area contributed by atoms with Crippen molar-refractivity contribution in [1.82, 2.24) is 19.1 Å². The number of anilines is 2. The molecule has 5 rings (SSSR count). The molecule has 0 aliphatic carbocycles. The van der Waals surface area contributed by atoms with Gasteiger partial charge in [0.1, 0.15) is 5.82 Å². The van der Waals surface area contributed by atoms with Crippen molar-refractivity contribution < 1.29 is 13.9 Å². The van der Waals surface area contributed by atoms with Crippen molar-refractivity contribution in [2.75, 3.05) is 29.9 Å². The van der Waals surface area contributed by atoms with Crippen LogP contribution in [0, 0.1) is 5.82 Å². The number of imidazole rings is 1. The minimum atomic E-state index is -0.763. The van der Waals surface area contributed by atoms with Gasteiger partial charge in [-0.15, -0.1) is 0 Å². The van der Waals surface area contributed by atoms with Crippen LogP contribution in [-0.4, -0.2) is 51.3 Å². The lowest BCUT2D eigenvalue weighted by molar-refractivity contribution is -0.152.